The molecule has 0 atom stereocenters. The highest BCUT2D eigenvalue weighted by Gasteiger charge is 2.22. The molecular formula is C19H18Cl2N2O2. The Hall–Kier alpha value is -2.04. The Labute approximate surface area is 156 Å². The number of carbonyl (C=O) groups excluding carboxylic acids is 2. The maximum absolute atomic E-state index is 12.6. The summed E-state index contributed by atoms with van der Waals surface area (Å²) < 4.78 is 0. The second kappa shape index (κ2) is 7.46. The predicted octanol–water partition coefficient (Wildman–Crippen LogP) is 4.39. The molecule has 0 unspecified atom stereocenters. The fraction of sp³-hybridized carbons (Fsp3) is 0.263. The normalized spacial score (nSPS) is 14.0. The van der Waals surface area contributed by atoms with Gasteiger partial charge < -0.3 is 9.80 Å². The third-order valence-electron chi connectivity index (χ3n) is 4.25. The van der Waals surface area contributed by atoms with Crippen molar-refractivity contribution in [3.8, 4) is 0 Å². The molecule has 25 heavy (non-hydrogen) atoms. The average Bonchev–Trinajstić information content (AvgIpc) is 3.03. The zero-order chi connectivity index (χ0) is 18.0. The largest absolute Gasteiger partial charge is 0.337 e. The summed E-state index contributed by atoms with van der Waals surface area (Å²) >= 11 is 11.9. The Morgan fingerprint density at radius 3 is 2.44 bits per heavy atom. The fourth-order valence-corrected chi connectivity index (χ4v) is 3.23. The van der Waals surface area contributed by atoms with E-state index in [9.17, 15) is 9.59 Å². The lowest BCUT2D eigenvalue weighted by Gasteiger charge is -2.19. The molecule has 0 bridgehead atoms. The van der Waals surface area contributed by atoms with Gasteiger partial charge >= 0.3 is 0 Å². The van der Waals surface area contributed by atoms with Crippen LogP contribution in [-0.2, 0) is 11.3 Å². The summed E-state index contributed by atoms with van der Waals surface area (Å²) in [7, 11) is 1.74. The standard InChI is InChI=1S/C19H18Cl2N2O2/c1-22(12-13-4-9-16(20)17(21)11-13)19(25)14-5-7-15(8-6-14)23-10-2-3-18(23)24/h4-9,11H,2-3,10,12H2,1H3. The van der Waals surface area contributed by atoms with E-state index in [0.29, 0.717) is 28.6 Å². The third kappa shape index (κ3) is 3.97. The van der Waals surface area contributed by atoms with Gasteiger partial charge in [0.2, 0.25) is 5.91 Å². The van der Waals surface area contributed by atoms with E-state index >= 15 is 0 Å². The lowest BCUT2D eigenvalue weighted by Crippen LogP contribution is -2.26. The predicted molar refractivity (Wildman–Crippen MR) is 100 cm³/mol. The highest BCUT2D eigenvalue weighted by Crippen LogP contribution is 2.24. The van der Waals surface area contributed by atoms with Crippen LogP contribution in [-0.4, -0.2) is 30.3 Å². The second-order valence-electron chi connectivity index (χ2n) is 6.11. The van der Waals surface area contributed by atoms with Gasteiger partial charge in [0, 0.05) is 37.8 Å². The smallest absolute Gasteiger partial charge is 0.253 e. The molecule has 130 valence electrons. The number of anilines is 1. The molecule has 0 saturated carbocycles. The van der Waals surface area contributed by atoms with E-state index in [1.807, 2.05) is 18.2 Å². The summed E-state index contributed by atoms with van der Waals surface area (Å²) in [6.45, 7) is 1.17. The molecule has 2 amide bonds. The Morgan fingerprint density at radius 1 is 1.12 bits per heavy atom. The van der Waals surface area contributed by atoms with Crippen molar-refractivity contribution < 1.29 is 9.59 Å². The number of benzene rings is 2. The van der Waals surface area contributed by atoms with Gasteiger partial charge in [0.1, 0.15) is 0 Å². The number of carbonyl (C=O) groups is 2. The van der Waals surface area contributed by atoms with Crippen LogP contribution < -0.4 is 4.90 Å². The zero-order valence-corrected chi connectivity index (χ0v) is 15.3. The SMILES string of the molecule is CN(Cc1ccc(Cl)c(Cl)c1)C(=O)c1ccc(N2CCCC2=O)cc1. The van der Waals surface area contributed by atoms with Crippen LogP contribution >= 0.6 is 23.2 Å². The molecular weight excluding hydrogens is 359 g/mol. The van der Waals surface area contributed by atoms with Gasteiger partial charge in [-0.1, -0.05) is 29.3 Å². The summed E-state index contributed by atoms with van der Waals surface area (Å²) in [6, 6.07) is 12.5. The highest BCUT2D eigenvalue weighted by atomic mass is 35.5. The van der Waals surface area contributed by atoms with Gasteiger partial charge in [0.15, 0.2) is 0 Å². The van der Waals surface area contributed by atoms with Gasteiger partial charge in [0.05, 0.1) is 10.0 Å². The summed E-state index contributed by atoms with van der Waals surface area (Å²) in [5.41, 5.74) is 2.33. The molecule has 4 nitrogen and oxygen atoms in total. The topological polar surface area (TPSA) is 40.6 Å². The fourth-order valence-electron chi connectivity index (χ4n) is 2.91. The molecule has 0 aromatic heterocycles. The first-order chi connectivity index (χ1) is 12.0. The second-order valence-corrected chi connectivity index (χ2v) is 6.92. The van der Waals surface area contributed by atoms with Crippen LogP contribution in [0.15, 0.2) is 42.5 Å². The number of halogens is 2. The van der Waals surface area contributed by atoms with Gasteiger partial charge in [0.25, 0.3) is 5.91 Å². The van der Waals surface area contributed by atoms with E-state index in [1.165, 1.54) is 0 Å². The molecule has 2 aromatic carbocycles. The molecule has 2 aromatic rings. The molecule has 3 rings (SSSR count). The number of nitrogens with zero attached hydrogens (tertiary/aromatic N) is 2. The molecule has 0 spiro atoms. The first-order valence-corrected chi connectivity index (χ1v) is 8.81. The van der Waals surface area contributed by atoms with E-state index in [4.69, 9.17) is 23.2 Å². The van der Waals surface area contributed by atoms with Crippen LogP contribution in [0.3, 0.4) is 0 Å². The van der Waals surface area contributed by atoms with E-state index in [-0.39, 0.29) is 11.8 Å². The molecule has 6 heteroatoms. The Bertz CT molecular complexity index is 806. The van der Waals surface area contributed by atoms with Crippen LogP contribution in [0.1, 0.15) is 28.8 Å². The number of hydrogen-bond donors (Lipinski definition) is 0. The van der Waals surface area contributed by atoms with Crippen molar-refractivity contribution in [2.45, 2.75) is 19.4 Å². The molecule has 1 fully saturated rings. The maximum Gasteiger partial charge on any atom is 0.253 e. The Kier molecular flexibility index (Phi) is 5.30. The zero-order valence-electron chi connectivity index (χ0n) is 13.8. The van der Waals surface area contributed by atoms with Gasteiger partial charge in [-0.2, -0.15) is 0 Å². The first-order valence-electron chi connectivity index (χ1n) is 8.05. The molecule has 1 aliphatic heterocycles. The maximum atomic E-state index is 12.6. The minimum Gasteiger partial charge on any atom is -0.337 e. The summed E-state index contributed by atoms with van der Waals surface area (Å²) in [5.74, 6) is 0.0428. The van der Waals surface area contributed by atoms with E-state index in [1.54, 1.807) is 41.1 Å². The molecule has 0 radical (unpaired) electrons. The van der Waals surface area contributed by atoms with Crippen molar-refractivity contribution in [1.82, 2.24) is 4.90 Å². The quantitative estimate of drug-likeness (QED) is 0.793. The lowest BCUT2D eigenvalue weighted by molar-refractivity contribution is -0.117. The van der Waals surface area contributed by atoms with E-state index in [0.717, 1.165) is 24.2 Å². The van der Waals surface area contributed by atoms with Crippen molar-refractivity contribution in [2.75, 3.05) is 18.5 Å². The van der Waals surface area contributed by atoms with Crippen LogP contribution in [0.2, 0.25) is 10.0 Å². The Morgan fingerprint density at radius 2 is 1.84 bits per heavy atom. The molecule has 1 aliphatic rings. The van der Waals surface area contributed by atoms with Crippen molar-refractivity contribution >= 4 is 40.7 Å². The minimum atomic E-state index is -0.0922. The number of hydrogen-bond acceptors (Lipinski definition) is 2. The van der Waals surface area contributed by atoms with Gasteiger partial charge in [-0.05, 0) is 48.4 Å². The lowest BCUT2D eigenvalue weighted by atomic mass is 10.1. The summed E-state index contributed by atoms with van der Waals surface area (Å²) in [6.07, 6.45) is 1.47. The summed E-state index contributed by atoms with van der Waals surface area (Å²) in [5, 5.41) is 0.964. The summed E-state index contributed by atoms with van der Waals surface area (Å²) in [4.78, 5) is 27.7. The molecule has 1 heterocycles. The number of amides is 2. The van der Waals surface area contributed by atoms with Crippen molar-refractivity contribution in [3.63, 3.8) is 0 Å². The molecule has 0 N–H and O–H groups in total. The molecule has 1 saturated heterocycles. The third-order valence-corrected chi connectivity index (χ3v) is 4.99. The van der Waals surface area contributed by atoms with Gasteiger partial charge in [-0.25, -0.2) is 0 Å². The molecule has 0 aliphatic carbocycles. The van der Waals surface area contributed by atoms with Crippen molar-refractivity contribution in [2.24, 2.45) is 0 Å². The van der Waals surface area contributed by atoms with Crippen LogP contribution in [0, 0.1) is 0 Å². The van der Waals surface area contributed by atoms with E-state index in [2.05, 4.69) is 0 Å². The highest BCUT2D eigenvalue weighted by molar-refractivity contribution is 6.42. The number of rotatable bonds is 4. The van der Waals surface area contributed by atoms with Crippen molar-refractivity contribution in [1.29, 1.82) is 0 Å². The van der Waals surface area contributed by atoms with Gasteiger partial charge in [-0.3, -0.25) is 9.59 Å². The van der Waals surface area contributed by atoms with Crippen molar-refractivity contribution in [3.05, 3.63) is 63.6 Å². The minimum absolute atomic E-state index is 0.0922. The van der Waals surface area contributed by atoms with Crippen LogP contribution in [0.25, 0.3) is 0 Å². The first kappa shape index (κ1) is 17.8. The van der Waals surface area contributed by atoms with E-state index < -0.39 is 0 Å². The van der Waals surface area contributed by atoms with Crippen LogP contribution in [0.5, 0.6) is 0 Å². The van der Waals surface area contributed by atoms with Crippen LogP contribution in [0.4, 0.5) is 5.69 Å². The monoisotopic (exact) mass is 376 g/mol. The Balaban J connectivity index is 1.69. The average molecular weight is 377 g/mol. The van der Waals surface area contributed by atoms with Gasteiger partial charge in [-0.15, -0.1) is 0 Å².